The van der Waals surface area contributed by atoms with Crippen molar-refractivity contribution in [2.75, 3.05) is 0 Å². The number of hydrogen-bond donors (Lipinski definition) is 3. The first-order valence-electron chi connectivity index (χ1n) is 6.70. The Labute approximate surface area is 148 Å². The zero-order valence-electron chi connectivity index (χ0n) is 12.9. The summed E-state index contributed by atoms with van der Waals surface area (Å²) < 4.78 is 70.0. The number of phenolic OH excluding ortho intramolecular Hbond substituents is 1. The largest absolute Gasteiger partial charge is 0.508 e. The van der Waals surface area contributed by atoms with Crippen molar-refractivity contribution >= 4 is 26.2 Å². The summed E-state index contributed by atoms with van der Waals surface area (Å²) in [6.45, 7) is 3.18. The first-order chi connectivity index (χ1) is 11.9. The SMILES string of the molecule is C=CC(=O)Oc1ccc(-c2ccc(O)cc2S(=O)(=O)O)c(S(=O)(=O)O)c1. The van der Waals surface area contributed by atoms with Gasteiger partial charge in [0.15, 0.2) is 0 Å². The maximum absolute atomic E-state index is 11.7. The molecule has 0 bridgehead atoms. The summed E-state index contributed by atoms with van der Waals surface area (Å²) in [5.41, 5.74) is -0.613. The van der Waals surface area contributed by atoms with Gasteiger partial charge in [-0.15, -0.1) is 0 Å². The molecule has 138 valence electrons. The lowest BCUT2D eigenvalue weighted by molar-refractivity contribution is -0.128. The van der Waals surface area contributed by atoms with Crippen molar-refractivity contribution in [3.8, 4) is 22.6 Å². The highest BCUT2D eigenvalue weighted by Gasteiger charge is 2.24. The van der Waals surface area contributed by atoms with E-state index in [4.69, 9.17) is 4.74 Å². The molecule has 0 atom stereocenters. The van der Waals surface area contributed by atoms with Gasteiger partial charge < -0.3 is 9.84 Å². The van der Waals surface area contributed by atoms with Crippen LogP contribution in [0.15, 0.2) is 58.8 Å². The Morgan fingerprint density at radius 3 is 1.92 bits per heavy atom. The van der Waals surface area contributed by atoms with Crippen molar-refractivity contribution in [1.29, 1.82) is 0 Å². The number of benzene rings is 2. The average molecular weight is 400 g/mol. The van der Waals surface area contributed by atoms with Crippen LogP contribution in [0.25, 0.3) is 11.1 Å². The lowest BCUT2D eigenvalue weighted by Gasteiger charge is -2.13. The van der Waals surface area contributed by atoms with Crippen LogP contribution in [0.2, 0.25) is 0 Å². The monoisotopic (exact) mass is 400 g/mol. The van der Waals surface area contributed by atoms with Gasteiger partial charge in [0.05, 0.1) is 0 Å². The Morgan fingerprint density at radius 2 is 1.42 bits per heavy atom. The van der Waals surface area contributed by atoms with Gasteiger partial charge in [-0.25, -0.2) is 4.79 Å². The molecule has 0 saturated heterocycles. The van der Waals surface area contributed by atoms with E-state index in [0.717, 1.165) is 36.4 Å². The van der Waals surface area contributed by atoms with Crippen LogP contribution in [0, 0.1) is 0 Å². The number of ether oxygens (including phenoxy) is 1. The molecule has 0 heterocycles. The molecule has 0 aromatic heterocycles. The molecule has 9 nitrogen and oxygen atoms in total. The van der Waals surface area contributed by atoms with Gasteiger partial charge in [0.1, 0.15) is 21.3 Å². The van der Waals surface area contributed by atoms with Crippen molar-refractivity contribution in [3.05, 3.63) is 49.1 Å². The van der Waals surface area contributed by atoms with Crippen LogP contribution >= 0.6 is 0 Å². The van der Waals surface area contributed by atoms with E-state index in [0.29, 0.717) is 6.07 Å². The fraction of sp³-hybridized carbons (Fsp3) is 0. The van der Waals surface area contributed by atoms with Crippen molar-refractivity contribution in [2.45, 2.75) is 9.79 Å². The Kier molecular flexibility index (Phi) is 5.18. The van der Waals surface area contributed by atoms with Gasteiger partial charge in [-0.05, 0) is 24.3 Å². The minimum Gasteiger partial charge on any atom is -0.508 e. The molecule has 3 N–H and O–H groups in total. The molecular formula is C15H12O9S2. The number of phenols is 1. The summed E-state index contributed by atoms with van der Waals surface area (Å²) in [7, 11) is -9.71. The number of esters is 1. The number of hydrogen-bond acceptors (Lipinski definition) is 7. The maximum atomic E-state index is 11.7. The predicted octanol–water partition coefficient (Wildman–Crippen LogP) is 1.64. The van der Waals surface area contributed by atoms with E-state index in [-0.39, 0.29) is 16.9 Å². The summed E-state index contributed by atoms with van der Waals surface area (Å²) in [4.78, 5) is 9.67. The van der Waals surface area contributed by atoms with Gasteiger partial charge in [0.2, 0.25) is 0 Å². The molecule has 0 fully saturated rings. The van der Waals surface area contributed by atoms with E-state index >= 15 is 0 Å². The zero-order valence-corrected chi connectivity index (χ0v) is 14.5. The van der Waals surface area contributed by atoms with Crippen LogP contribution in [0.5, 0.6) is 11.5 Å². The van der Waals surface area contributed by atoms with E-state index < -0.39 is 41.7 Å². The standard InChI is InChI=1S/C15H12O9S2/c1-2-15(17)24-10-4-6-12(14(8-10)26(21,22)23)11-5-3-9(16)7-13(11)25(18,19)20/h2-8,16H,1H2,(H,18,19,20)(H,21,22,23). The number of aromatic hydroxyl groups is 1. The minimum atomic E-state index is -4.88. The summed E-state index contributed by atoms with van der Waals surface area (Å²) in [6.07, 6.45) is 0.831. The van der Waals surface area contributed by atoms with E-state index in [2.05, 4.69) is 6.58 Å². The highest BCUT2D eigenvalue weighted by Crippen LogP contribution is 2.36. The molecule has 11 heteroatoms. The fourth-order valence-electron chi connectivity index (χ4n) is 2.11. The topological polar surface area (TPSA) is 155 Å². The Balaban J connectivity index is 2.79. The Bertz CT molecular complexity index is 1100. The van der Waals surface area contributed by atoms with Crippen LogP contribution in [0.3, 0.4) is 0 Å². The van der Waals surface area contributed by atoms with Gasteiger partial charge in [0.25, 0.3) is 20.2 Å². The van der Waals surface area contributed by atoms with Gasteiger partial charge in [-0.3, -0.25) is 9.11 Å². The van der Waals surface area contributed by atoms with Crippen LogP contribution < -0.4 is 4.74 Å². The smallest absolute Gasteiger partial charge is 0.335 e. The lowest BCUT2D eigenvalue weighted by atomic mass is 10.1. The van der Waals surface area contributed by atoms with Crippen LogP contribution in [-0.4, -0.2) is 37.0 Å². The second-order valence-electron chi connectivity index (χ2n) is 4.91. The lowest BCUT2D eigenvalue weighted by Crippen LogP contribution is -2.07. The molecular weight excluding hydrogens is 388 g/mol. The molecule has 0 aliphatic heterocycles. The number of carbonyl (C=O) groups is 1. The molecule has 2 rings (SSSR count). The summed E-state index contributed by atoms with van der Waals surface area (Å²) in [6, 6.07) is 5.82. The fourth-order valence-corrected chi connectivity index (χ4v) is 3.55. The molecule has 0 aliphatic rings. The maximum Gasteiger partial charge on any atom is 0.335 e. The van der Waals surface area contributed by atoms with Crippen molar-refractivity contribution < 1.29 is 40.6 Å². The van der Waals surface area contributed by atoms with E-state index in [1.807, 2.05) is 0 Å². The van der Waals surface area contributed by atoms with Crippen LogP contribution in [0.1, 0.15) is 0 Å². The van der Waals surface area contributed by atoms with Crippen molar-refractivity contribution in [3.63, 3.8) is 0 Å². The number of carbonyl (C=O) groups excluding carboxylic acids is 1. The zero-order chi connectivity index (χ0) is 19.7. The molecule has 2 aromatic carbocycles. The quantitative estimate of drug-likeness (QED) is 0.294. The second kappa shape index (κ2) is 6.88. The van der Waals surface area contributed by atoms with Crippen LogP contribution in [0.4, 0.5) is 0 Å². The third-order valence-corrected chi connectivity index (χ3v) is 4.94. The van der Waals surface area contributed by atoms with E-state index in [1.165, 1.54) is 0 Å². The molecule has 26 heavy (non-hydrogen) atoms. The number of rotatable bonds is 5. The van der Waals surface area contributed by atoms with E-state index in [1.54, 1.807) is 0 Å². The first-order valence-corrected chi connectivity index (χ1v) is 9.58. The second-order valence-corrected chi connectivity index (χ2v) is 7.69. The molecule has 0 spiro atoms. The van der Waals surface area contributed by atoms with Gasteiger partial charge >= 0.3 is 5.97 Å². The predicted molar refractivity (Wildman–Crippen MR) is 89.0 cm³/mol. The minimum absolute atomic E-state index is 0.251. The van der Waals surface area contributed by atoms with E-state index in [9.17, 15) is 35.8 Å². The molecule has 0 aliphatic carbocycles. The average Bonchev–Trinajstić information content (AvgIpc) is 2.53. The normalized spacial score (nSPS) is 11.8. The van der Waals surface area contributed by atoms with Crippen molar-refractivity contribution in [2.24, 2.45) is 0 Å². The molecule has 0 saturated carbocycles. The highest BCUT2D eigenvalue weighted by atomic mass is 32.2. The molecule has 0 amide bonds. The molecule has 0 unspecified atom stereocenters. The van der Waals surface area contributed by atoms with Crippen molar-refractivity contribution in [1.82, 2.24) is 0 Å². The molecule has 0 radical (unpaired) electrons. The molecule has 2 aromatic rings. The third-order valence-electron chi connectivity index (χ3n) is 3.15. The summed E-state index contributed by atoms with van der Waals surface area (Å²) in [5, 5.41) is 9.44. The summed E-state index contributed by atoms with van der Waals surface area (Å²) >= 11 is 0. The van der Waals surface area contributed by atoms with Gasteiger partial charge in [0, 0.05) is 29.3 Å². The highest BCUT2D eigenvalue weighted by molar-refractivity contribution is 7.86. The summed E-state index contributed by atoms with van der Waals surface area (Å²) in [5.74, 6) is -1.63. The first kappa shape index (κ1) is 19.6. The third kappa shape index (κ3) is 4.26. The Hall–Kier alpha value is -2.73. The van der Waals surface area contributed by atoms with Crippen LogP contribution in [-0.2, 0) is 25.0 Å². The Morgan fingerprint density at radius 1 is 0.923 bits per heavy atom. The van der Waals surface area contributed by atoms with Gasteiger partial charge in [-0.2, -0.15) is 16.8 Å². The van der Waals surface area contributed by atoms with Gasteiger partial charge in [-0.1, -0.05) is 6.58 Å².